The smallest absolute Gasteiger partial charge is 0.269 e. The number of nitrogens with two attached hydrogens (primary N) is 1. The van der Waals surface area contributed by atoms with Crippen molar-refractivity contribution < 1.29 is 9.72 Å². The molecule has 84 valence electrons. The Kier molecular flexibility index (Phi) is 2.57. The van der Waals surface area contributed by atoms with Crippen LogP contribution in [0.15, 0.2) is 18.2 Å². The molecule has 1 aliphatic heterocycles. The SMILES string of the molecule is NC(=O)C1Cc2ccc([N+](=O)[O-])cc2CN1. The predicted octanol–water partition coefficient (Wildman–Crippen LogP) is 0.0944. The van der Waals surface area contributed by atoms with E-state index < -0.39 is 10.8 Å². The van der Waals surface area contributed by atoms with Gasteiger partial charge in [0, 0.05) is 18.7 Å². The second kappa shape index (κ2) is 3.90. The van der Waals surface area contributed by atoms with Crippen molar-refractivity contribution in [1.82, 2.24) is 5.32 Å². The van der Waals surface area contributed by atoms with E-state index in [4.69, 9.17) is 5.73 Å². The first-order valence-electron chi connectivity index (χ1n) is 4.87. The summed E-state index contributed by atoms with van der Waals surface area (Å²) in [7, 11) is 0. The minimum Gasteiger partial charge on any atom is -0.368 e. The summed E-state index contributed by atoms with van der Waals surface area (Å²) in [5.41, 5.74) is 7.05. The van der Waals surface area contributed by atoms with Crippen molar-refractivity contribution in [3.63, 3.8) is 0 Å². The van der Waals surface area contributed by atoms with Crippen molar-refractivity contribution in [2.24, 2.45) is 5.73 Å². The normalized spacial score (nSPS) is 18.9. The van der Waals surface area contributed by atoms with E-state index in [-0.39, 0.29) is 11.7 Å². The van der Waals surface area contributed by atoms with Crippen LogP contribution in [-0.4, -0.2) is 16.9 Å². The molecule has 1 aliphatic rings. The number of nitro groups is 1. The Morgan fingerprint density at radius 2 is 2.25 bits per heavy atom. The predicted molar refractivity (Wildman–Crippen MR) is 56.6 cm³/mol. The maximum absolute atomic E-state index is 11.0. The Labute approximate surface area is 91.6 Å². The molecule has 1 aromatic rings. The van der Waals surface area contributed by atoms with Crippen molar-refractivity contribution in [2.75, 3.05) is 0 Å². The fourth-order valence-corrected chi connectivity index (χ4v) is 1.82. The summed E-state index contributed by atoms with van der Waals surface area (Å²) < 4.78 is 0. The molecule has 16 heavy (non-hydrogen) atoms. The van der Waals surface area contributed by atoms with Crippen molar-refractivity contribution in [1.29, 1.82) is 0 Å². The van der Waals surface area contributed by atoms with Crippen LogP contribution in [0.25, 0.3) is 0 Å². The number of nitrogens with one attached hydrogen (secondary N) is 1. The zero-order valence-corrected chi connectivity index (χ0v) is 8.47. The quantitative estimate of drug-likeness (QED) is 0.546. The maximum atomic E-state index is 11.0. The number of carbonyl (C=O) groups is 1. The third-order valence-electron chi connectivity index (χ3n) is 2.71. The summed E-state index contributed by atoms with van der Waals surface area (Å²) in [5.74, 6) is -0.399. The topological polar surface area (TPSA) is 98.3 Å². The molecule has 1 aromatic carbocycles. The van der Waals surface area contributed by atoms with E-state index in [9.17, 15) is 14.9 Å². The maximum Gasteiger partial charge on any atom is 0.269 e. The molecule has 0 aliphatic carbocycles. The Morgan fingerprint density at radius 1 is 1.50 bits per heavy atom. The van der Waals surface area contributed by atoms with Crippen molar-refractivity contribution in [3.8, 4) is 0 Å². The van der Waals surface area contributed by atoms with E-state index in [0.29, 0.717) is 13.0 Å². The highest BCUT2D eigenvalue weighted by Gasteiger charge is 2.23. The Morgan fingerprint density at radius 3 is 2.88 bits per heavy atom. The zero-order valence-electron chi connectivity index (χ0n) is 8.47. The number of carbonyl (C=O) groups excluding carboxylic acids is 1. The molecule has 1 amide bonds. The van der Waals surface area contributed by atoms with Gasteiger partial charge in [-0.15, -0.1) is 0 Å². The standard InChI is InChI=1S/C10H11N3O3/c11-10(14)9-4-6-1-2-8(13(15)16)3-7(6)5-12-9/h1-3,9,12H,4-5H2,(H2,11,14). The number of hydrogen-bond acceptors (Lipinski definition) is 4. The fourth-order valence-electron chi connectivity index (χ4n) is 1.82. The number of benzene rings is 1. The molecule has 0 radical (unpaired) electrons. The Balaban J connectivity index is 2.29. The van der Waals surface area contributed by atoms with E-state index in [1.54, 1.807) is 6.07 Å². The molecular weight excluding hydrogens is 210 g/mol. The van der Waals surface area contributed by atoms with Gasteiger partial charge in [-0.2, -0.15) is 0 Å². The zero-order chi connectivity index (χ0) is 11.7. The van der Waals surface area contributed by atoms with Crippen molar-refractivity contribution in [2.45, 2.75) is 19.0 Å². The monoisotopic (exact) mass is 221 g/mol. The third-order valence-corrected chi connectivity index (χ3v) is 2.71. The van der Waals surface area contributed by atoms with Crippen LogP contribution in [0, 0.1) is 10.1 Å². The first kappa shape index (κ1) is 10.6. The highest BCUT2D eigenvalue weighted by molar-refractivity contribution is 5.80. The van der Waals surface area contributed by atoms with Gasteiger partial charge < -0.3 is 11.1 Å². The van der Waals surface area contributed by atoms with Crippen LogP contribution in [0.1, 0.15) is 11.1 Å². The molecule has 0 fully saturated rings. The van der Waals surface area contributed by atoms with Crippen LogP contribution in [0.3, 0.4) is 0 Å². The molecule has 0 spiro atoms. The number of rotatable bonds is 2. The van der Waals surface area contributed by atoms with Gasteiger partial charge in [-0.1, -0.05) is 6.07 Å². The summed E-state index contributed by atoms with van der Waals surface area (Å²) in [6.45, 7) is 0.435. The molecule has 1 unspecified atom stereocenters. The van der Waals surface area contributed by atoms with E-state index >= 15 is 0 Å². The van der Waals surface area contributed by atoms with E-state index in [2.05, 4.69) is 5.32 Å². The van der Waals surface area contributed by atoms with Gasteiger partial charge in [0.25, 0.3) is 5.69 Å². The second-order valence-corrected chi connectivity index (χ2v) is 3.75. The van der Waals surface area contributed by atoms with E-state index in [1.165, 1.54) is 12.1 Å². The number of primary amides is 1. The average Bonchev–Trinajstić information content (AvgIpc) is 2.27. The highest BCUT2D eigenvalue weighted by atomic mass is 16.6. The molecule has 2 rings (SSSR count). The number of hydrogen-bond donors (Lipinski definition) is 2. The van der Waals surface area contributed by atoms with E-state index in [1.807, 2.05) is 0 Å². The van der Waals surface area contributed by atoms with Gasteiger partial charge in [-0.05, 0) is 17.5 Å². The summed E-state index contributed by atoms with van der Waals surface area (Å²) in [6.07, 6.45) is 0.489. The van der Waals surface area contributed by atoms with Gasteiger partial charge in [-0.25, -0.2) is 0 Å². The van der Waals surface area contributed by atoms with Gasteiger partial charge >= 0.3 is 0 Å². The molecular formula is C10H11N3O3. The lowest BCUT2D eigenvalue weighted by Crippen LogP contribution is -2.45. The molecule has 1 heterocycles. The molecule has 0 saturated heterocycles. The van der Waals surface area contributed by atoms with Gasteiger partial charge in [0.2, 0.25) is 5.91 Å². The van der Waals surface area contributed by atoms with Crippen LogP contribution in [0.5, 0.6) is 0 Å². The van der Waals surface area contributed by atoms with Gasteiger partial charge in [0.1, 0.15) is 0 Å². The molecule has 6 nitrogen and oxygen atoms in total. The first-order valence-corrected chi connectivity index (χ1v) is 4.87. The van der Waals surface area contributed by atoms with Crippen molar-refractivity contribution in [3.05, 3.63) is 39.4 Å². The Bertz CT molecular complexity index is 459. The average molecular weight is 221 g/mol. The van der Waals surface area contributed by atoms with Gasteiger partial charge in [0.15, 0.2) is 0 Å². The second-order valence-electron chi connectivity index (χ2n) is 3.75. The summed E-state index contributed by atoms with van der Waals surface area (Å²) in [5, 5.41) is 13.5. The minimum absolute atomic E-state index is 0.0677. The lowest BCUT2D eigenvalue weighted by atomic mass is 9.95. The number of fused-ring (bicyclic) bond motifs is 1. The Hall–Kier alpha value is -1.95. The van der Waals surface area contributed by atoms with Gasteiger partial charge in [0.05, 0.1) is 11.0 Å². The van der Waals surface area contributed by atoms with Crippen LogP contribution in [0.4, 0.5) is 5.69 Å². The number of amides is 1. The summed E-state index contributed by atoms with van der Waals surface area (Å²) >= 11 is 0. The molecule has 6 heteroatoms. The highest BCUT2D eigenvalue weighted by Crippen LogP contribution is 2.22. The van der Waals surface area contributed by atoms with E-state index in [0.717, 1.165) is 11.1 Å². The number of non-ortho nitro benzene ring substituents is 1. The number of nitrogens with zero attached hydrogens (tertiary/aromatic N) is 1. The molecule has 1 atom stereocenters. The van der Waals surface area contributed by atoms with Crippen molar-refractivity contribution >= 4 is 11.6 Å². The van der Waals surface area contributed by atoms with Gasteiger partial charge in [-0.3, -0.25) is 14.9 Å². The van der Waals surface area contributed by atoms with Crippen LogP contribution in [0.2, 0.25) is 0 Å². The first-order chi connectivity index (χ1) is 7.58. The fraction of sp³-hybridized carbons (Fsp3) is 0.300. The largest absolute Gasteiger partial charge is 0.368 e. The van der Waals surface area contributed by atoms with Crippen LogP contribution in [-0.2, 0) is 17.8 Å². The molecule has 0 saturated carbocycles. The lowest BCUT2D eigenvalue weighted by Gasteiger charge is -2.23. The molecule has 0 aromatic heterocycles. The molecule has 0 bridgehead atoms. The van der Waals surface area contributed by atoms with Crippen LogP contribution >= 0.6 is 0 Å². The number of nitro benzene ring substituents is 1. The van der Waals surface area contributed by atoms with Crippen LogP contribution < -0.4 is 11.1 Å². The summed E-state index contributed by atoms with van der Waals surface area (Å²) in [6, 6.07) is 4.28. The lowest BCUT2D eigenvalue weighted by molar-refractivity contribution is -0.384. The molecule has 3 N–H and O–H groups in total. The third kappa shape index (κ3) is 1.87. The minimum atomic E-state index is -0.430. The summed E-state index contributed by atoms with van der Waals surface area (Å²) in [4.78, 5) is 21.1.